The molecule has 0 unspecified atom stereocenters. The summed E-state index contributed by atoms with van der Waals surface area (Å²) >= 11 is 0. The van der Waals surface area contributed by atoms with Crippen LogP contribution in [0.4, 0.5) is 0 Å². The molecule has 1 aromatic rings. The number of methoxy groups -OCH3 is 1. The van der Waals surface area contributed by atoms with Gasteiger partial charge in [0.2, 0.25) is 10.0 Å². The van der Waals surface area contributed by atoms with Crippen LogP contribution in [0.2, 0.25) is 0 Å². The summed E-state index contributed by atoms with van der Waals surface area (Å²) in [6.45, 7) is 6.88. The number of carbonyl (C=O) groups excluding carboxylic acids is 1. The summed E-state index contributed by atoms with van der Waals surface area (Å²) in [7, 11) is -2.57. The molecule has 0 aliphatic carbocycles. The molecule has 1 amide bonds. The maximum absolute atomic E-state index is 12.5. The molecule has 0 spiro atoms. The number of aliphatic carboxylic acids is 1. The van der Waals surface area contributed by atoms with E-state index in [-0.39, 0.29) is 28.2 Å². The summed E-state index contributed by atoms with van der Waals surface area (Å²) in [5, 5.41) is 11.7. The first-order valence-corrected chi connectivity index (χ1v) is 9.75. The lowest BCUT2D eigenvalue weighted by Crippen LogP contribution is -2.45. The zero-order valence-electron chi connectivity index (χ0n) is 15.6. The quantitative estimate of drug-likeness (QED) is 0.593. The monoisotopic (exact) mass is 386 g/mol. The zero-order valence-corrected chi connectivity index (χ0v) is 16.4. The Morgan fingerprint density at radius 2 is 1.85 bits per heavy atom. The van der Waals surface area contributed by atoms with Crippen LogP contribution in [0.5, 0.6) is 5.75 Å². The fraction of sp³-hybridized carbons (Fsp3) is 0.529. The highest BCUT2D eigenvalue weighted by Crippen LogP contribution is 2.25. The highest BCUT2D eigenvalue weighted by Gasteiger charge is 2.27. The molecule has 9 heteroatoms. The summed E-state index contributed by atoms with van der Waals surface area (Å²) < 4.78 is 32.4. The predicted molar refractivity (Wildman–Crippen MR) is 96.8 cm³/mol. The molecule has 1 aromatic carbocycles. The third kappa shape index (κ3) is 5.43. The molecule has 26 heavy (non-hydrogen) atoms. The molecule has 2 atom stereocenters. The third-order valence-corrected chi connectivity index (χ3v) is 5.55. The minimum Gasteiger partial charge on any atom is -0.495 e. The first kappa shape index (κ1) is 21.9. The summed E-state index contributed by atoms with van der Waals surface area (Å²) in [6.07, 6.45) is 0.567. The number of amides is 1. The maximum atomic E-state index is 12.5. The van der Waals surface area contributed by atoms with Gasteiger partial charge in [-0.15, -0.1) is 0 Å². The van der Waals surface area contributed by atoms with Crippen LogP contribution in [0.25, 0.3) is 0 Å². The second-order valence-corrected chi connectivity index (χ2v) is 8.00. The van der Waals surface area contributed by atoms with E-state index in [1.807, 2.05) is 6.92 Å². The van der Waals surface area contributed by atoms with Crippen LogP contribution in [-0.2, 0) is 14.8 Å². The van der Waals surface area contributed by atoms with Gasteiger partial charge >= 0.3 is 5.97 Å². The predicted octanol–water partition coefficient (Wildman–Crippen LogP) is 1.61. The zero-order chi connectivity index (χ0) is 20.1. The van der Waals surface area contributed by atoms with Gasteiger partial charge in [0.25, 0.3) is 5.91 Å². The molecule has 0 aromatic heterocycles. The SMILES string of the molecule is CC[C@H](C)[C@H](NC(=O)c1ccc(OC)c(S(=O)(=O)NC(C)C)c1)C(=O)O. The van der Waals surface area contributed by atoms with E-state index in [0.717, 1.165) is 0 Å². The second kappa shape index (κ2) is 9.00. The first-order valence-electron chi connectivity index (χ1n) is 8.27. The van der Waals surface area contributed by atoms with E-state index in [1.54, 1.807) is 20.8 Å². The highest BCUT2D eigenvalue weighted by atomic mass is 32.2. The topological polar surface area (TPSA) is 122 Å². The Bertz CT molecular complexity index is 761. The summed E-state index contributed by atoms with van der Waals surface area (Å²) in [4.78, 5) is 23.6. The Morgan fingerprint density at radius 1 is 1.23 bits per heavy atom. The van der Waals surface area contributed by atoms with Gasteiger partial charge in [0, 0.05) is 11.6 Å². The Morgan fingerprint density at radius 3 is 2.31 bits per heavy atom. The number of carbonyl (C=O) groups is 2. The van der Waals surface area contributed by atoms with Crippen molar-refractivity contribution in [1.82, 2.24) is 10.0 Å². The minimum absolute atomic E-state index is 0.0319. The summed E-state index contributed by atoms with van der Waals surface area (Å²) in [5.41, 5.74) is 0.0319. The number of hydrogen-bond acceptors (Lipinski definition) is 5. The molecular formula is C17H26N2O6S. The van der Waals surface area contributed by atoms with Crippen LogP contribution < -0.4 is 14.8 Å². The summed E-state index contributed by atoms with van der Waals surface area (Å²) in [6, 6.07) is 2.52. The van der Waals surface area contributed by atoms with Crippen LogP contribution in [0.3, 0.4) is 0 Å². The van der Waals surface area contributed by atoms with Crippen molar-refractivity contribution in [3.63, 3.8) is 0 Å². The van der Waals surface area contributed by atoms with Crippen molar-refractivity contribution in [2.75, 3.05) is 7.11 Å². The number of sulfonamides is 1. The number of carboxylic acids is 1. The van der Waals surface area contributed by atoms with Gasteiger partial charge in [-0.3, -0.25) is 4.79 Å². The van der Waals surface area contributed by atoms with E-state index in [2.05, 4.69) is 10.0 Å². The van der Waals surface area contributed by atoms with Gasteiger partial charge in [-0.25, -0.2) is 17.9 Å². The number of carboxylic acid groups (broad SMARTS) is 1. The fourth-order valence-corrected chi connectivity index (χ4v) is 3.76. The number of hydrogen-bond donors (Lipinski definition) is 3. The lowest BCUT2D eigenvalue weighted by molar-refractivity contribution is -0.140. The molecule has 0 aliphatic rings. The van der Waals surface area contributed by atoms with Gasteiger partial charge in [-0.2, -0.15) is 0 Å². The van der Waals surface area contributed by atoms with Crippen molar-refractivity contribution in [2.45, 2.75) is 51.1 Å². The average Bonchev–Trinajstić information content (AvgIpc) is 2.56. The molecule has 1 rings (SSSR count). The number of benzene rings is 1. The molecule has 0 fully saturated rings. The fourth-order valence-electron chi connectivity index (χ4n) is 2.31. The molecule has 3 N–H and O–H groups in total. The minimum atomic E-state index is -3.90. The van der Waals surface area contributed by atoms with E-state index in [1.165, 1.54) is 25.3 Å². The molecule has 0 heterocycles. The van der Waals surface area contributed by atoms with Gasteiger partial charge < -0.3 is 15.2 Å². The van der Waals surface area contributed by atoms with Gasteiger partial charge in [0.1, 0.15) is 16.7 Å². The summed E-state index contributed by atoms with van der Waals surface area (Å²) in [5.74, 6) is -2.00. The van der Waals surface area contributed by atoms with Crippen LogP contribution in [-0.4, -0.2) is 44.6 Å². The molecular weight excluding hydrogens is 360 g/mol. The van der Waals surface area contributed by atoms with Crippen molar-refractivity contribution in [1.29, 1.82) is 0 Å². The molecule has 0 saturated carbocycles. The molecule has 8 nitrogen and oxygen atoms in total. The third-order valence-electron chi connectivity index (χ3n) is 3.87. The van der Waals surface area contributed by atoms with Crippen molar-refractivity contribution >= 4 is 21.9 Å². The standard InChI is InChI=1S/C17H26N2O6S/c1-6-11(4)15(17(21)22)18-16(20)12-7-8-13(25-5)14(9-12)26(23,24)19-10(2)3/h7-11,15,19H,6H2,1-5H3,(H,18,20)(H,21,22)/t11-,15-/m0/s1. The van der Waals surface area contributed by atoms with Crippen molar-refractivity contribution in [2.24, 2.45) is 5.92 Å². The number of ether oxygens (including phenoxy) is 1. The largest absolute Gasteiger partial charge is 0.495 e. The Hall–Kier alpha value is -2.13. The van der Waals surface area contributed by atoms with Gasteiger partial charge in [-0.1, -0.05) is 20.3 Å². The van der Waals surface area contributed by atoms with Crippen molar-refractivity contribution in [3.05, 3.63) is 23.8 Å². The van der Waals surface area contributed by atoms with Crippen LogP contribution in [0.15, 0.2) is 23.1 Å². The smallest absolute Gasteiger partial charge is 0.326 e. The number of nitrogens with one attached hydrogen (secondary N) is 2. The molecule has 0 radical (unpaired) electrons. The lowest BCUT2D eigenvalue weighted by atomic mass is 9.99. The Balaban J connectivity index is 3.24. The van der Waals surface area contributed by atoms with Crippen LogP contribution >= 0.6 is 0 Å². The molecule has 0 aliphatic heterocycles. The Kier molecular flexibility index (Phi) is 7.58. The van der Waals surface area contributed by atoms with Gasteiger partial charge in [-0.05, 0) is 38.0 Å². The molecule has 0 bridgehead atoms. The molecule has 0 saturated heterocycles. The van der Waals surface area contributed by atoms with E-state index in [4.69, 9.17) is 4.74 Å². The maximum Gasteiger partial charge on any atom is 0.326 e. The van der Waals surface area contributed by atoms with E-state index < -0.39 is 27.9 Å². The number of rotatable bonds is 9. The van der Waals surface area contributed by atoms with E-state index >= 15 is 0 Å². The van der Waals surface area contributed by atoms with E-state index in [0.29, 0.717) is 6.42 Å². The average molecular weight is 386 g/mol. The lowest BCUT2D eigenvalue weighted by Gasteiger charge is -2.20. The second-order valence-electron chi connectivity index (χ2n) is 6.32. The Labute approximate surface area is 154 Å². The van der Waals surface area contributed by atoms with Crippen LogP contribution in [0, 0.1) is 5.92 Å². The van der Waals surface area contributed by atoms with Crippen molar-refractivity contribution < 1.29 is 27.9 Å². The molecule has 146 valence electrons. The van der Waals surface area contributed by atoms with Crippen LogP contribution in [0.1, 0.15) is 44.5 Å². The van der Waals surface area contributed by atoms with E-state index in [9.17, 15) is 23.1 Å². The van der Waals surface area contributed by atoms with Gasteiger partial charge in [0.05, 0.1) is 7.11 Å². The van der Waals surface area contributed by atoms with Crippen molar-refractivity contribution in [3.8, 4) is 5.75 Å². The normalized spacial score (nSPS) is 13.9. The highest BCUT2D eigenvalue weighted by molar-refractivity contribution is 7.89. The van der Waals surface area contributed by atoms with Gasteiger partial charge in [0.15, 0.2) is 0 Å². The first-order chi connectivity index (χ1) is 12.0.